The van der Waals surface area contributed by atoms with Crippen LogP contribution in [0, 0.1) is 10.1 Å². The third-order valence-electron chi connectivity index (χ3n) is 4.48. The fourth-order valence-electron chi connectivity index (χ4n) is 3.17. The minimum atomic E-state index is -0.509. The highest BCUT2D eigenvalue weighted by Crippen LogP contribution is 2.38. The molecule has 0 aliphatic heterocycles. The molecule has 0 fully saturated rings. The van der Waals surface area contributed by atoms with E-state index in [1.807, 2.05) is 47.8 Å². The molecule has 0 amide bonds. The number of rotatable bonds is 6. The van der Waals surface area contributed by atoms with Crippen molar-refractivity contribution in [3.63, 3.8) is 0 Å². The summed E-state index contributed by atoms with van der Waals surface area (Å²) in [5.41, 5.74) is 2.81. The van der Waals surface area contributed by atoms with Crippen LogP contribution in [0.25, 0.3) is 27.4 Å². The molecule has 0 N–H and O–H groups in total. The smallest absolute Gasteiger partial charge is 0.357 e. The largest absolute Gasteiger partial charge is 0.461 e. The van der Waals surface area contributed by atoms with Crippen LogP contribution in [0.4, 0.5) is 5.69 Å². The maximum atomic E-state index is 13.0. The van der Waals surface area contributed by atoms with Crippen molar-refractivity contribution >= 4 is 23.0 Å². The second-order valence-electron chi connectivity index (χ2n) is 6.32. The van der Waals surface area contributed by atoms with Gasteiger partial charge in [0.1, 0.15) is 5.69 Å². The number of non-ortho nitro benzene ring substituents is 1. The first-order valence-electron chi connectivity index (χ1n) is 9.24. The van der Waals surface area contributed by atoms with Gasteiger partial charge in [0.15, 0.2) is 5.69 Å². The Balaban J connectivity index is 2.01. The lowest BCUT2D eigenvalue weighted by Gasteiger charge is -2.09. The van der Waals surface area contributed by atoms with E-state index in [4.69, 9.17) is 9.84 Å². The second-order valence-corrected chi connectivity index (χ2v) is 7.27. The molecule has 0 saturated carbocycles. The summed E-state index contributed by atoms with van der Waals surface area (Å²) in [5, 5.41) is 17.8. The Hall–Kier alpha value is -3.78. The molecular formula is C22H17N3O4S. The van der Waals surface area contributed by atoms with Gasteiger partial charge in [0.25, 0.3) is 5.69 Å². The van der Waals surface area contributed by atoms with Crippen LogP contribution < -0.4 is 0 Å². The van der Waals surface area contributed by atoms with Gasteiger partial charge in [0, 0.05) is 17.7 Å². The van der Waals surface area contributed by atoms with E-state index in [0.717, 1.165) is 4.88 Å². The Bertz CT molecular complexity index is 1180. The van der Waals surface area contributed by atoms with Crippen molar-refractivity contribution in [2.75, 3.05) is 6.61 Å². The maximum Gasteiger partial charge on any atom is 0.357 e. The molecular weight excluding hydrogens is 402 g/mol. The molecule has 2 aromatic carbocycles. The van der Waals surface area contributed by atoms with Crippen LogP contribution in [0.15, 0.2) is 72.1 Å². The van der Waals surface area contributed by atoms with Gasteiger partial charge in [-0.05, 0) is 48.2 Å². The van der Waals surface area contributed by atoms with Crippen molar-refractivity contribution in [3.8, 4) is 27.4 Å². The fraction of sp³-hybridized carbons (Fsp3) is 0.0909. The van der Waals surface area contributed by atoms with Crippen molar-refractivity contribution < 1.29 is 14.5 Å². The number of para-hydroxylation sites is 1. The van der Waals surface area contributed by atoms with E-state index in [0.29, 0.717) is 22.5 Å². The van der Waals surface area contributed by atoms with Gasteiger partial charge in [-0.3, -0.25) is 10.1 Å². The number of nitrogens with zero attached hydrogens (tertiary/aromatic N) is 3. The molecule has 0 aliphatic rings. The van der Waals surface area contributed by atoms with E-state index >= 15 is 0 Å². The number of ether oxygens (including phenoxy) is 1. The first-order valence-corrected chi connectivity index (χ1v) is 10.1. The van der Waals surface area contributed by atoms with E-state index < -0.39 is 10.9 Å². The number of thiophene rings is 1. The molecule has 150 valence electrons. The lowest BCUT2D eigenvalue weighted by atomic mass is 10.0. The van der Waals surface area contributed by atoms with Crippen LogP contribution in [0.1, 0.15) is 17.4 Å². The van der Waals surface area contributed by atoms with Crippen molar-refractivity contribution in [2.24, 2.45) is 0 Å². The quantitative estimate of drug-likeness (QED) is 0.239. The SMILES string of the molecule is CCOC(=O)c1c(-c2ccc([N+](=O)[O-])cc2)c(-c2cccs2)nn1-c1ccccc1. The standard InChI is InChI=1S/C22H17N3O4S/c1-2-29-22(26)21-19(15-10-12-17(13-11-15)25(27)28)20(18-9-6-14-30-18)23-24(21)16-7-4-3-5-8-16/h3-14H,2H2,1H3. The van der Waals surface area contributed by atoms with Crippen molar-refractivity contribution in [1.82, 2.24) is 9.78 Å². The summed E-state index contributed by atoms with van der Waals surface area (Å²) in [5.74, 6) is -0.509. The molecule has 2 aromatic heterocycles. The van der Waals surface area contributed by atoms with Crippen molar-refractivity contribution in [2.45, 2.75) is 6.92 Å². The van der Waals surface area contributed by atoms with Crippen LogP contribution in [0.3, 0.4) is 0 Å². The number of nitro groups is 1. The summed E-state index contributed by atoms with van der Waals surface area (Å²) in [6.07, 6.45) is 0. The van der Waals surface area contributed by atoms with E-state index in [1.165, 1.54) is 23.5 Å². The fourth-order valence-corrected chi connectivity index (χ4v) is 3.89. The van der Waals surface area contributed by atoms with Crippen LogP contribution in [-0.2, 0) is 4.74 Å². The molecule has 30 heavy (non-hydrogen) atoms. The zero-order valence-electron chi connectivity index (χ0n) is 16.0. The third kappa shape index (κ3) is 3.60. The number of nitro benzene ring substituents is 1. The molecule has 0 saturated heterocycles. The second kappa shape index (κ2) is 8.30. The Morgan fingerprint density at radius 3 is 2.43 bits per heavy atom. The summed E-state index contributed by atoms with van der Waals surface area (Å²) < 4.78 is 6.91. The highest BCUT2D eigenvalue weighted by Gasteiger charge is 2.28. The van der Waals surface area contributed by atoms with E-state index in [2.05, 4.69) is 0 Å². The van der Waals surface area contributed by atoms with Gasteiger partial charge in [-0.1, -0.05) is 24.3 Å². The number of aromatic nitrogens is 2. The van der Waals surface area contributed by atoms with Gasteiger partial charge in [0.05, 0.1) is 22.1 Å². The molecule has 8 heteroatoms. The number of benzene rings is 2. The third-order valence-corrected chi connectivity index (χ3v) is 5.35. The minimum Gasteiger partial charge on any atom is -0.461 e. The average Bonchev–Trinajstić information content (AvgIpc) is 3.42. The first-order chi connectivity index (χ1) is 14.6. The first kappa shape index (κ1) is 19.5. The Morgan fingerprint density at radius 1 is 1.10 bits per heavy atom. The van der Waals surface area contributed by atoms with Crippen LogP contribution in [-0.4, -0.2) is 27.3 Å². The Morgan fingerprint density at radius 2 is 1.83 bits per heavy atom. The molecule has 0 bridgehead atoms. The topological polar surface area (TPSA) is 87.3 Å². The summed E-state index contributed by atoms with van der Waals surface area (Å²) in [6, 6.07) is 19.2. The van der Waals surface area contributed by atoms with Gasteiger partial charge in [0.2, 0.25) is 0 Å². The summed E-state index contributed by atoms with van der Waals surface area (Å²) >= 11 is 1.50. The highest BCUT2D eigenvalue weighted by atomic mass is 32.1. The molecule has 0 atom stereocenters. The number of esters is 1. The molecule has 2 heterocycles. The average molecular weight is 419 g/mol. The molecule has 7 nitrogen and oxygen atoms in total. The zero-order chi connectivity index (χ0) is 21.1. The summed E-state index contributed by atoms with van der Waals surface area (Å²) in [6.45, 7) is 1.96. The van der Waals surface area contributed by atoms with Crippen LogP contribution in [0.5, 0.6) is 0 Å². The minimum absolute atomic E-state index is 0.0236. The normalized spacial score (nSPS) is 10.7. The summed E-state index contributed by atoms with van der Waals surface area (Å²) in [7, 11) is 0. The van der Waals surface area contributed by atoms with Crippen molar-refractivity contribution in [3.05, 3.63) is 87.9 Å². The molecule has 4 rings (SSSR count). The van der Waals surface area contributed by atoms with Crippen molar-refractivity contribution in [1.29, 1.82) is 0 Å². The molecule has 0 aliphatic carbocycles. The van der Waals surface area contributed by atoms with Gasteiger partial charge >= 0.3 is 5.97 Å². The van der Waals surface area contributed by atoms with Gasteiger partial charge in [-0.2, -0.15) is 5.10 Å². The number of hydrogen-bond acceptors (Lipinski definition) is 6. The summed E-state index contributed by atoms with van der Waals surface area (Å²) in [4.78, 5) is 24.5. The Kier molecular flexibility index (Phi) is 5.40. The maximum absolute atomic E-state index is 13.0. The molecule has 0 radical (unpaired) electrons. The van der Waals surface area contributed by atoms with Crippen LogP contribution in [0.2, 0.25) is 0 Å². The number of carbonyl (C=O) groups is 1. The number of hydrogen-bond donors (Lipinski definition) is 0. The van der Waals surface area contributed by atoms with E-state index in [1.54, 1.807) is 23.7 Å². The Labute approximate surface area is 176 Å². The zero-order valence-corrected chi connectivity index (χ0v) is 16.8. The monoisotopic (exact) mass is 419 g/mol. The highest BCUT2D eigenvalue weighted by molar-refractivity contribution is 7.13. The lowest BCUT2D eigenvalue weighted by Crippen LogP contribution is -2.13. The molecule has 0 unspecified atom stereocenters. The van der Waals surface area contributed by atoms with E-state index in [-0.39, 0.29) is 18.0 Å². The van der Waals surface area contributed by atoms with Gasteiger partial charge in [-0.15, -0.1) is 11.3 Å². The predicted molar refractivity (Wildman–Crippen MR) is 115 cm³/mol. The van der Waals surface area contributed by atoms with Gasteiger partial charge < -0.3 is 4.74 Å². The van der Waals surface area contributed by atoms with Gasteiger partial charge in [-0.25, -0.2) is 9.48 Å². The lowest BCUT2D eigenvalue weighted by molar-refractivity contribution is -0.384. The molecule has 4 aromatic rings. The van der Waals surface area contributed by atoms with E-state index in [9.17, 15) is 14.9 Å². The number of carbonyl (C=O) groups excluding carboxylic acids is 1. The predicted octanol–water partition coefficient (Wildman–Crippen LogP) is 5.35. The van der Waals surface area contributed by atoms with Crippen LogP contribution >= 0.6 is 11.3 Å². The molecule has 0 spiro atoms.